The van der Waals surface area contributed by atoms with Crippen molar-refractivity contribution >= 4 is 22.8 Å². The lowest BCUT2D eigenvalue weighted by molar-refractivity contribution is -0.137. The molecule has 5 heteroatoms. The number of carbonyl (C=O) groups excluding carboxylic acids is 1. The van der Waals surface area contributed by atoms with Crippen molar-refractivity contribution in [2.24, 2.45) is 0 Å². The fourth-order valence-corrected chi connectivity index (χ4v) is 3.28. The van der Waals surface area contributed by atoms with Crippen molar-refractivity contribution in [3.63, 3.8) is 0 Å². The first-order valence-corrected chi connectivity index (χ1v) is 9.23. The van der Waals surface area contributed by atoms with Crippen molar-refractivity contribution in [1.82, 2.24) is 0 Å². The lowest BCUT2D eigenvalue weighted by atomic mass is 9.91. The van der Waals surface area contributed by atoms with Crippen LogP contribution < -0.4 is 9.47 Å². The van der Waals surface area contributed by atoms with E-state index in [-0.39, 0.29) is 12.8 Å². The molecule has 0 unspecified atom stereocenters. The first kappa shape index (κ1) is 20.8. The van der Waals surface area contributed by atoms with Crippen LogP contribution in [0.1, 0.15) is 37.5 Å². The van der Waals surface area contributed by atoms with E-state index in [0.717, 1.165) is 40.3 Å². The van der Waals surface area contributed by atoms with Gasteiger partial charge >= 0.3 is 5.97 Å². The van der Waals surface area contributed by atoms with Gasteiger partial charge in [0.15, 0.2) is 18.3 Å². The average molecular weight is 372 g/mol. The van der Waals surface area contributed by atoms with Crippen molar-refractivity contribution in [2.45, 2.75) is 33.6 Å². The molecular formula is C22H28O5. The van der Waals surface area contributed by atoms with Gasteiger partial charge in [-0.05, 0) is 42.4 Å². The predicted octanol–water partition coefficient (Wildman–Crippen LogP) is 4.53. The van der Waals surface area contributed by atoms with E-state index in [2.05, 4.69) is 19.9 Å². The zero-order chi connectivity index (χ0) is 19.8. The van der Waals surface area contributed by atoms with Gasteiger partial charge in [-0.3, -0.25) is 0 Å². The molecule has 0 saturated heterocycles. The quantitative estimate of drug-likeness (QED) is 0.368. The summed E-state index contributed by atoms with van der Waals surface area (Å²) in [5.74, 6) is 0.987. The molecule has 0 saturated carbocycles. The SMILES string of the molecule is CCOC(=O)/C=C\c1c(CC)c(OC)c(OCOC)c2c(CC)cccc12. The molecule has 2 aromatic carbocycles. The number of hydrogen-bond acceptors (Lipinski definition) is 5. The Bertz CT molecular complexity index is 823. The molecule has 0 aliphatic carbocycles. The molecule has 146 valence electrons. The van der Waals surface area contributed by atoms with E-state index in [9.17, 15) is 4.79 Å². The number of rotatable bonds is 9. The van der Waals surface area contributed by atoms with Gasteiger partial charge in [-0.15, -0.1) is 0 Å². The highest BCUT2D eigenvalue weighted by Crippen LogP contribution is 2.44. The Morgan fingerprint density at radius 1 is 1.07 bits per heavy atom. The highest BCUT2D eigenvalue weighted by atomic mass is 16.7. The molecule has 0 aromatic heterocycles. The summed E-state index contributed by atoms with van der Waals surface area (Å²) in [7, 11) is 3.22. The molecule has 0 bridgehead atoms. The Morgan fingerprint density at radius 2 is 1.85 bits per heavy atom. The number of hydrogen-bond donors (Lipinski definition) is 0. The fourth-order valence-electron chi connectivity index (χ4n) is 3.28. The molecule has 27 heavy (non-hydrogen) atoms. The van der Waals surface area contributed by atoms with Crippen molar-refractivity contribution in [3.8, 4) is 11.5 Å². The standard InChI is InChI=1S/C22H28O5/c1-6-15-10-9-11-18-17(12-13-19(23)26-8-3)16(7-2)21(25-5)22(20(15)18)27-14-24-4/h9-13H,6-8,14H2,1-5H3/b13-12-. The van der Waals surface area contributed by atoms with Gasteiger partial charge in [-0.2, -0.15) is 0 Å². The second-order valence-electron chi connectivity index (χ2n) is 5.94. The van der Waals surface area contributed by atoms with Crippen LogP contribution in [0.3, 0.4) is 0 Å². The minimum atomic E-state index is -0.363. The Hall–Kier alpha value is -2.53. The number of fused-ring (bicyclic) bond motifs is 1. The van der Waals surface area contributed by atoms with Gasteiger partial charge in [0.25, 0.3) is 0 Å². The summed E-state index contributed by atoms with van der Waals surface area (Å²) >= 11 is 0. The third-order valence-corrected chi connectivity index (χ3v) is 4.41. The van der Waals surface area contributed by atoms with E-state index in [1.807, 2.05) is 12.1 Å². The predicted molar refractivity (Wildman–Crippen MR) is 107 cm³/mol. The van der Waals surface area contributed by atoms with Crippen LogP contribution >= 0.6 is 0 Å². The van der Waals surface area contributed by atoms with Gasteiger partial charge in [0.05, 0.1) is 13.7 Å². The normalized spacial score (nSPS) is 11.1. The third kappa shape index (κ3) is 4.42. The van der Waals surface area contributed by atoms with Crippen LogP contribution in [0.4, 0.5) is 0 Å². The maximum absolute atomic E-state index is 11.9. The summed E-state index contributed by atoms with van der Waals surface area (Å²) in [5.41, 5.74) is 3.06. The Morgan fingerprint density at radius 3 is 2.44 bits per heavy atom. The Labute approximate surface area is 160 Å². The third-order valence-electron chi connectivity index (χ3n) is 4.41. The molecule has 0 radical (unpaired) electrons. The summed E-state index contributed by atoms with van der Waals surface area (Å²) in [6, 6.07) is 6.14. The summed E-state index contributed by atoms with van der Waals surface area (Å²) in [4.78, 5) is 11.9. The van der Waals surface area contributed by atoms with Crippen molar-refractivity contribution in [2.75, 3.05) is 27.6 Å². The van der Waals surface area contributed by atoms with E-state index in [1.54, 1.807) is 27.2 Å². The van der Waals surface area contributed by atoms with Gasteiger partial charge in [-0.1, -0.05) is 32.0 Å². The maximum atomic E-state index is 11.9. The second-order valence-corrected chi connectivity index (χ2v) is 5.94. The monoisotopic (exact) mass is 372 g/mol. The van der Waals surface area contributed by atoms with Crippen LogP contribution in [0.5, 0.6) is 11.5 Å². The van der Waals surface area contributed by atoms with E-state index < -0.39 is 0 Å². The van der Waals surface area contributed by atoms with Gasteiger partial charge < -0.3 is 18.9 Å². The van der Waals surface area contributed by atoms with Crippen LogP contribution in [-0.4, -0.2) is 33.6 Å². The molecule has 0 fully saturated rings. The maximum Gasteiger partial charge on any atom is 0.330 e. The zero-order valence-electron chi connectivity index (χ0n) is 16.8. The zero-order valence-corrected chi connectivity index (χ0v) is 16.8. The second kappa shape index (κ2) is 9.97. The first-order chi connectivity index (χ1) is 13.1. The Kier molecular flexibility index (Phi) is 7.67. The van der Waals surface area contributed by atoms with Crippen molar-refractivity contribution in [1.29, 1.82) is 0 Å². The molecule has 0 atom stereocenters. The van der Waals surface area contributed by atoms with Gasteiger partial charge in [0.1, 0.15) is 0 Å². The van der Waals surface area contributed by atoms with E-state index in [4.69, 9.17) is 18.9 Å². The lowest BCUT2D eigenvalue weighted by Gasteiger charge is -2.21. The summed E-state index contributed by atoms with van der Waals surface area (Å²) in [6.45, 7) is 6.41. The minimum Gasteiger partial charge on any atom is -0.493 e. The van der Waals surface area contributed by atoms with Crippen LogP contribution in [0.2, 0.25) is 0 Å². The highest BCUT2D eigenvalue weighted by Gasteiger charge is 2.21. The molecule has 2 aromatic rings. The van der Waals surface area contributed by atoms with Gasteiger partial charge in [0, 0.05) is 24.1 Å². The smallest absolute Gasteiger partial charge is 0.330 e. The van der Waals surface area contributed by atoms with E-state index in [1.165, 1.54) is 6.08 Å². The highest BCUT2D eigenvalue weighted by molar-refractivity contribution is 6.02. The van der Waals surface area contributed by atoms with E-state index >= 15 is 0 Å². The molecule has 0 heterocycles. The Balaban J connectivity index is 2.83. The first-order valence-electron chi connectivity index (χ1n) is 9.23. The van der Waals surface area contributed by atoms with Gasteiger partial charge in [0.2, 0.25) is 0 Å². The van der Waals surface area contributed by atoms with Crippen LogP contribution in [0, 0.1) is 0 Å². The molecule has 5 nitrogen and oxygen atoms in total. The fraction of sp³-hybridized carbons (Fsp3) is 0.409. The summed E-state index contributed by atoms with van der Waals surface area (Å²) in [6.07, 6.45) is 4.84. The largest absolute Gasteiger partial charge is 0.493 e. The van der Waals surface area contributed by atoms with E-state index in [0.29, 0.717) is 18.1 Å². The number of benzene rings is 2. The number of carbonyl (C=O) groups is 1. The molecule has 0 aliphatic heterocycles. The van der Waals surface area contributed by atoms with Gasteiger partial charge in [-0.25, -0.2) is 4.79 Å². The number of methoxy groups -OCH3 is 2. The van der Waals surface area contributed by atoms with Crippen molar-refractivity contribution < 1.29 is 23.7 Å². The molecule has 0 N–H and O–H groups in total. The van der Waals surface area contributed by atoms with Crippen LogP contribution in [0.25, 0.3) is 16.8 Å². The summed E-state index contributed by atoms with van der Waals surface area (Å²) < 4.78 is 21.8. The molecule has 0 amide bonds. The molecule has 0 spiro atoms. The number of ether oxygens (including phenoxy) is 4. The van der Waals surface area contributed by atoms with Crippen molar-refractivity contribution in [3.05, 3.63) is 41.0 Å². The topological polar surface area (TPSA) is 54.0 Å². The van der Waals surface area contributed by atoms with Crippen LogP contribution in [-0.2, 0) is 27.1 Å². The number of aryl methyl sites for hydroxylation is 1. The minimum absolute atomic E-state index is 0.130. The molecule has 2 rings (SSSR count). The van der Waals surface area contributed by atoms with Crippen LogP contribution in [0.15, 0.2) is 24.3 Å². The molecule has 0 aliphatic rings. The number of esters is 1. The lowest BCUT2D eigenvalue weighted by Crippen LogP contribution is -2.06. The molecular weight excluding hydrogens is 344 g/mol. The summed E-state index contributed by atoms with van der Waals surface area (Å²) in [5, 5.41) is 1.99. The average Bonchev–Trinajstić information content (AvgIpc) is 2.69.